The first-order valence-corrected chi connectivity index (χ1v) is 10.8. The molecule has 0 aromatic heterocycles. The molecule has 6 nitrogen and oxygen atoms in total. The van der Waals surface area contributed by atoms with Crippen LogP contribution in [0.25, 0.3) is 0 Å². The van der Waals surface area contributed by atoms with Crippen LogP contribution in [0, 0.1) is 0 Å². The topological polar surface area (TPSA) is 55.3 Å². The van der Waals surface area contributed by atoms with Gasteiger partial charge in [-0.3, -0.25) is 10.9 Å². The van der Waals surface area contributed by atoms with Crippen LogP contribution < -0.4 is 20.7 Å². The van der Waals surface area contributed by atoms with Gasteiger partial charge in [0, 0.05) is 37.6 Å². The summed E-state index contributed by atoms with van der Waals surface area (Å²) in [6, 6.07) is 16.5. The van der Waals surface area contributed by atoms with Crippen molar-refractivity contribution in [3.05, 3.63) is 59.7 Å². The number of hydrazone groups is 2. The van der Waals surface area contributed by atoms with Gasteiger partial charge in [-0.2, -0.15) is 10.2 Å². The minimum Gasteiger partial charge on any atom is -0.372 e. The third-order valence-corrected chi connectivity index (χ3v) is 4.99. The molecule has 0 saturated carbocycles. The molecule has 160 valence electrons. The van der Waals surface area contributed by atoms with Crippen LogP contribution in [0.3, 0.4) is 0 Å². The molecule has 0 atom stereocenters. The Kier molecular flexibility index (Phi) is 9.80. The third kappa shape index (κ3) is 7.15. The van der Waals surface area contributed by atoms with E-state index in [4.69, 9.17) is 12.2 Å². The van der Waals surface area contributed by atoms with Gasteiger partial charge in [-0.15, -0.1) is 0 Å². The number of hydrogen-bond donors (Lipinski definition) is 2. The Hall–Kier alpha value is -2.93. The highest BCUT2D eigenvalue weighted by atomic mass is 32.1. The number of rotatable bonds is 10. The van der Waals surface area contributed by atoms with E-state index in [0.29, 0.717) is 5.11 Å². The molecule has 2 rings (SSSR count). The largest absolute Gasteiger partial charge is 0.372 e. The SMILES string of the molecule is CCN(CC)c1ccc(C=NNC(=S)NN=Cc2ccc(N(CC)CC)cc2)cc1. The number of nitrogens with zero attached hydrogens (tertiary/aromatic N) is 4. The summed E-state index contributed by atoms with van der Waals surface area (Å²) in [6.45, 7) is 12.6. The lowest BCUT2D eigenvalue weighted by Crippen LogP contribution is -2.28. The lowest BCUT2D eigenvalue weighted by atomic mass is 10.2. The van der Waals surface area contributed by atoms with Gasteiger partial charge in [-0.25, -0.2) is 0 Å². The first kappa shape index (κ1) is 23.3. The van der Waals surface area contributed by atoms with E-state index in [1.165, 1.54) is 11.4 Å². The number of anilines is 2. The second-order valence-corrected chi connectivity index (χ2v) is 7.01. The molecule has 2 aromatic rings. The minimum atomic E-state index is 0.335. The Labute approximate surface area is 185 Å². The van der Waals surface area contributed by atoms with E-state index >= 15 is 0 Å². The highest BCUT2D eigenvalue weighted by Crippen LogP contribution is 2.14. The third-order valence-electron chi connectivity index (χ3n) is 4.80. The van der Waals surface area contributed by atoms with E-state index in [-0.39, 0.29) is 0 Å². The average molecular weight is 425 g/mol. The molecule has 0 unspecified atom stereocenters. The maximum atomic E-state index is 5.19. The van der Waals surface area contributed by atoms with Crippen LogP contribution in [-0.2, 0) is 0 Å². The van der Waals surface area contributed by atoms with Crippen molar-refractivity contribution in [3.8, 4) is 0 Å². The van der Waals surface area contributed by atoms with Gasteiger partial charge in [0.25, 0.3) is 0 Å². The second-order valence-electron chi connectivity index (χ2n) is 6.60. The molecule has 0 fully saturated rings. The normalized spacial score (nSPS) is 11.1. The van der Waals surface area contributed by atoms with Crippen molar-refractivity contribution >= 4 is 41.1 Å². The maximum Gasteiger partial charge on any atom is 0.207 e. The van der Waals surface area contributed by atoms with Crippen LogP contribution in [0.5, 0.6) is 0 Å². The summed E-state index contributed by atoms with van der Waals surface area (Å²) in [5, 5.41) is 8.66. The Morgan fingerprint density at radius 1 is 0.700 bits per heavy atom. The Bertz CT molecular complexity index is 752. The van der Waals surface area contributed by atoms with Gasteiger partial charge < -0.3 is 9.80 Å². The molecule has 0 aliphatic carbocycles. The molecule has 0 aliphatic rings. The standard InChI is InChI=1S/C23H32N6S/c1-5-28(6-2)21-13-9-19(10-14-21)17-24-26-23(30)27-25-18-20-11-15-22(16-12-20)29(7-3)8-4/h9-18H,5-8H2,1-4H3,(H2,26,27,30). The summed E-state index contributed by atoms with van der Waals surface area (Å²) in [7, 11) is 0. The van der Waals surface area contributed by atoms with Crippen LogP contribution in [0.4, 0.5) is 11.4 Å². The maximum absolute atomic E-state index is 5.19. The Balaban J connectivity index is 1.80. The van der Waals surface area contributed by atoms with Gasteiger partial charge in [0.2, 0.25) is 5.11 Å². The van der Waals surface area contributed by atoms with E-state index in [9.17, 15) is 0 Å². The zero-order valence-electron chi connectivity index (χ0n) is 18.3. The molecule has 0 bridgehead atoms. The van der Waals surface area contributed by atoms with Crippen LogP contribution in [0.1, 0.15) is 38.8 Å². The van der Waals surface area contributed by atoms with Crippen molar-refractivity contribution in [2.24, 2.45) is 10.2 Å². The van der Waals surface area contributed by atoms with Crippen LogP contribution in [-0.4, -0.2) is 43.7 Å². The number of hydrogen-bond acceptors (Lipinski definition) is 5. The first-order chi connectivity index (χ1) is 14.6. The molecule has 0 amide bonds. The lowest BCUT2D eigenvalue weighted by molar-refractivity contribution is 0.866. The smallest absolute Gasteiger partial charge is 0.207 e. The molecule has 2 aromatic carbocycles. The summed E-state index contributed by atoms with van der Waals surface area (Å²) < 4.78 is 0. The van der Waals surface area contributed by atoms with E-state index in [1.54, 1.807) is 12.4 Å². The fourth-order valence-corrected chi connectivity index (χ4v) is 3.18. The number of thiocarbonyl (C=S) groups is 1. The molecule has 7 heteroatoms. The van der Waals surface area contributed by atoms with Crippen molar-refractivity contribution in [2.75, 3.05) is 36.0 Å². The summed E-state index contributed by atoms with van der Waals surface area (Å²) in [5.74, 6) is 0. The Morgan fingerprint density at radius 2 is 1.03 bits per heavy atom. The highest BCUT2D eigenvalue weighted by molar-refractivity contribution is 7.80. The number of benzene rings is 2. The Morgan fingerprint density at radius 3 is 1.33 bits per heavy atom. The lowest BCUT2D eigenvalue weighted by Gasteiger charge is -2.20. The van der Waals surface area contributed by atoms with Gasteiger partial charge in [0.1, 0.15) is 0 Å². The van der Waals surface area contributed by atoms with E-state index in [1.807, 2.05) is 24.3 Å². The molecule has 30 heavy (non-hydrogen) atoms. The monoisotopic (exact) mass is 424 g/mol. The fraction of sp³-hybridized carbons (Fsp3) is 0.348. The quantitative estimate of drug-likeness (QED) is 0.340. The summed E-state index contributed by atoms with van der Waals surface area (Å²) in [6.07, 6.45) is 3.46. The average Bonchev–Trinajstić information content (AvgIpc) is 2.77. The van der Waals surface area contributed by atoms with Crippen molar-refractivity contribution in [1.29, 1.82) is 0 Å². The fourth-order valence-electron chi connectivity index (χ4n) is 3.08. The highest BCUT2D eigenvalue weighted by Gasteiger charge is 2.01. The van der Waals surface area contributed by atoms with Gasteiger partial charge in [0.15, 0.2) is 0 Å². The van der Waals surface area contributed by atoms with E-state index in [2.05, 4.69) is 82.8 Å². The van der Waals surface area contributed by atoms with E-state index in [0.717, 1.165) is 37.3 Å². The number of nitrogens with one attached hydrogen (secondary N) is 2. The molecule has 0 radical (unpaired) electrons. The molecule has 0 aliphatic heterocycles. The van der Waals surface area contributed by atoms with Gasteiger partial charge in [-0.1, -0.05) is 24.3 Å². The van der Waals surface area contributed by atoms with E-state index < -0.39 is 0 Å². The predicted molar refractivity (Wildman–Crippen MR) is 134 cm³/mol. The van der Waals surface area contributed by atoms with Crippen LogP contribution in [0.15, 0.2) is 58.7 Å². The van der Waals surface area contributed by atoms with Gasteiger partial charge >= 0.3 is 0 Å². The molecule has 0 heterocycles. The predicted octanol–water partition coefficient (Wildman–Crippen LogP) is 4.21. The summed E-state index contributed by atoms with van der Waals surface area (Å²) in [5.41, 5.74) is 9.97. The minimum absolute atomic E-state index is 0.335. The van der Waals surface area contributed by atoms with Crippen molar-refractivity contribution < 1.29 is 0 Å². The first-order valence-electron chi connectivity index (χ1n) is 10.4. The van der Waals surface area contributed by atoms with Crippen molar-refractivity contribution in [3.63, 3.8) is 0 Å². The van der Waals surface area contributed by atoms with Crippen LogP contribution in [0.2, 0.25) is 0 Å². The van der Waals surface area contributed by atoms with Gasteiger partial charge in [-0.05, 0) is 75.3 Å². The summed E-state index contributed by atoms with van der Waals surface area (Å²) in [4.78, 5) is 4.60. The molecule has 0 saturated heterocycles. The second kappa shape index (κ2) is 12.6. The van der Waals surface area contributed by atoms with Crippen molar-refractivity contribution in [2.45, 2.75) is 27.7 Å². The van der Waals surface area contributed by atoms with Crippen molar-refractivity contribution in [1.82, 2.24) is 10.9 Å². The molecular formula is C23H32N6S. The molecular weight excluding hydrogens is 392 g/mol. The summed E-state index contributed by atoms with van der Waals surface area (Å²) >= 11 is 5.19. The molecule has 0 spiro atoms. The van der Waals surface area contributed by atoms with Gasteiger partial charge in [0.05, 0.1) is 12.4 Å². The zero-order valence-corrected chi connectivity index (χ0v) is 19.1. The molecule has 2 N–H and O–H groups in total. The van der Waals surface area contributed by atoms with Crippen LogP contribution >= 0.6 is 12.2 Å². The zero-order chi connectivity index (χ0) is 21.8.